The molecule has 0 unspecified atom stereocenters. The number of pyridine rings is 1. The van der Waals surface area contributed by atoms with Gasteiger partial charge in [-0.2, -0.15) is 0 Å². The number of hydrogen-bond acceptors (Lipinski definition) is 9. The third kappa shape index (κ3) is 10.3. The van der Waals surface area contributed by atoms with E-state index >= 15 is 0 Å². The Morgan fingerprint density at radius 2 is 1.70 bits per heavy atom. The van der Waals surface area contributed by atoms with Gasteiger partial charge in [0.05, 0.1) is 52.1 Å². The summed E-state index contributed by atoms with van der Waals surface area (Å²) < 4.78 is 7.31. The van der Waals surface area contributed by atoms with Crippen LogP contribution in [0.25, 0.3) is 21.8 Å². The molecule has 3 aromatic carbocycles. The van der Waals surface area contributed by atoms with E-state index in [2.05, 4.69) is 25.5 Å². The normalized spacial score (nSPS) is 14.5. The second-order valence-electron chi connectivity index (χ2n) is 15.0. The standard InChI is InChI=1S/C43H50ClN7O6/c1-45-40(53)35-26-47-36-24-30(12-14-33(36)38(35)44)39(52)46-18-7-11-31(23-29-9-5-4-6-10-29)41(54)50-20-16-43(56,17-21-50)27-51-28-48-37-25-32(13-15-34(37)42(51)55)57-22-8-19-49(2)3/h4-6,9-10,12-15,24-26,28,31,56H,7-8,11,16-23,27H2,1-3H3,(H,45,53)(H,46,52)/t31-/m1/s1. The minimum absolute atomic E-state index is 0.00473. The van der Waals surface area contributed by atoms with E-state index in [1.54, 1.807) is 36.4 Å². The van der Waals surface area contributed by atoms with Gasteiger partial charge >= 0.3 is 0 Å². The van der Waals surface area contributed by atoms with E-state index in [0.29, 0.717) is 91.5 Å². The minimum atomic E-state index is -1.18. The number of piperidine rings is 1. The first-order chi connectivity index (χ1) is 27.4. The molecule has 0 saturated carbocycles. The van der Waals surface area contributed by atoms with Gasteiger partial charge in [-0.15, -0.1) is 0 Å². The van der Waals surface area contributed by atoms with Crippen molar-refractivity contribution in [2.75, 3.05) is 53.9 Å². The number of benzene rings is 3. The highest BCUT2D eigenvalue weighted by Gasteiger charge is 2.36. The zero-order valence-electron chi connectivity index (χ0n) is 32.7. The second-order valence-corrected chi connectivity index (χ2v) is 15.4. The Kier molecular flexibility index (Phi) is 13.6. The Hall–Kier alpha value is -5.37. The van der Waals surface area contributed by atoms with Gasteiger partial charge in [0.15, 0.2) is 0 Å². The molecule has 6 rings (SSSR count). The Bertz CT molecular complexity index is 2270. The third-order valence-corrected chi connectivity index (χ3v) is 10.9. The van der Waals surface area contributed by atoms with Crippen LogP contribution in [0.2, 0.25) is 5.02 Å². The number of likely N-dealkylation sites (tertiary alicyclic amines) is 1. The molecule has 0 aliphatic carbocycles. The predicted octanol–water partition coefficient (Wildman–Crippen LogP) is 4.71. The average molecular weight is 796 g/mol. The lowest BCUT2D eigenvalue weighted by atomic mass is 9.88. The number of aromatic nitrogens is 3. The third-order valence-electron chi connectivity index (χ3n) is 10.5. The highest BCUT2D eigenvalue weighted by molar-refractivity contribution is 6.38. The fourth-order valence-corrected chi connectivity index (χ4v) is 7.54. The van der Waals surface area contributed by atoms with Crippen LogP contribution in [0.1, 0.15) is 58.4 Å². The second kappa shape index (κ2) is 18.7. The molecule has 3 amide bonds. The van der Waals surface area contributed by atoms with Crippen LogP contribution in [0.5, 0.6) is 5.75 Å². The lowest BCUT2D eigenvalue weighted by Crippen LogP contribution is -2.51. The van der Waals surface area contributed by atoms with E-state index < -0.39 is 5.60 Å². The number of ether oxygens (including phenoxy) is 1. The van der Waals surface area contributed by atoms with Gasteiger partial charge in [0, 0.05) is 62.4 Å². The maximum atomic E-state index is 14.0. The molecule has 1 aliphatic rings. The van der Waals surface area contributed by atoms with Crippen LogP contribution < -0.4 is 20.9 Å². The number of halogens is 1. The molecule has 3 N–H and O–H groups in total. The van der Waals surface area contributed by atoms with Crippen molar-refractivity contribution < 1.29 is 24.2 Å². The molecule has 3 heterocycles. The molecule has 0 radical (unpaired) electrons. The monoisotopic (exact) mass is 795 g/mol. The summed E-state index contributed by atoms with van der Waals surface area (Å²) in [4.78, 5) is 65.4. The summed E-state index contributed by atoms with van der Waals surface area (Å²) in [7, 11) is 5.54. The van der Waals surface area contributed by atoms with Crippen LogP contribution in [0.15, 0.2) is 84.0 Å². The predicted molar refractivity (Wildman–Crippen MR) is 221 cm³/mol. The molecule has 1 aliphatic heterocycles. The molecule has 1 saturated heterocycles. The number of fused-ring (bicyclic) bond motifs is 2. The summed E-state index contributed by atoms with van der Waals surface area (Å²) in [5.41, 5.74) is 1.32. The highest BCUT2D eigenvalue weighted by atomic mass is 35.5. The Balaban J connectivity index is 1.04. The van der Waals surface area contributed by atoms with Crippen LogP contribution in [0.3, 0.4) is 0 Å². The molecule has 1 fully saturated rings. The van der Waals surface area contributed by atoms with Gasteiger partial charge in [-0.05, 0) is 82.4 Å². The number of aliphatic hydroxyl groups is 1. The summed E-state index contributed by atoms with van der Waals surface area (Å²) in [5.74, 6) is -0.294. The van der Waals surface area contributed by atoms with E-state index in [0.717, 1.165) is 18.5 Å². The Labute approximate surface area is 337 Å². The molecule has 57 heavy (non-hydrogen) atoms. The molecule has 2 aromatic heterocycles. The lowest BCUT2D eigenvalue weighted by molar-refractivity contribution is -0.140. The smallest absolute Gasteiger partial charge is 0.261 e. The highest BCUT2D eigenvalue weighted by Crippen LogP contribution is 2.28. The van der Waals surface area contributed by atoms with Crippen molar-refractivity contribution in [3.63, 3.8) is 0 Å². The minimum Gasteiger partial charge on any atom is -0.493 e. The van der Waals surface area contributed by atoms with Crippen molar-refractivity contribution in [3.05, 3.63) is 111 Å². The van der Waals surface area contributed by atoms with Crippen molar-refractivity contribution in [3.8, 4) is 5.75 Å². The van der Waals surface area contributed by atoms with Crippen LogP contribution in [-0.2, 0) is 17.8 Å². The van der Waals surface area contributed by atoms with E-state index in [-0.39, 0.29) is 46.3 Å². The summed E-state index contributed by atoms with van der Waals surface area (Å²) in [6.45, 7) is 2.61. The number of rotatable bonds is 16. The van der Waals surface area contributed by atoms with E-state index in [4.69, 9.17) is 16.3 Å². The van der Waals surface area contributed by atoms with Gasteiger partial charge < -0.3 is 30.3 Å². The molecule has 13 nitrogen and oxygen atoms in total. The maximum Gasteiger partial charge on any atom is 0.261 e. The lowest BCUT2D eigenvalue weighted by Gasteiger charge is -2.39. The fourth-order valence-electron chi connectivity index (χ4n) is 7.25. The Morgan fingerprint density at radius 3 is 2.44 bits per heavy atom. The number of nitrogens with zero attached hydrogens (tertiary/aromatic N) is 5. The molecule has 0 spiro atoms. The van der Waals surface area contributed by atoms with E-state index in [1.807, 2.05) is 49.3 Å². The van der Waals surface area contributed by atoms with Crippen LogP contribution in [-0.4, -0.2) is 107 Å². The quantitative estimate of drug-likeness (QED) is 0.120. The van der Waals surface area contributed by atoms with Crippen molar-refractivity contribution in [2.24, 2.45) is 5.92 Å². The van der Waals surface area contributed by atoms with Crippen LogP contribution in [0, 0.1) is 5.92 Å². The van der Waals surface area contributed by atoms with E-state index in [9.17, 15) is 24.3 Å². The summed E-state index contributed by atoms with van der Waals surface area (Å²) >= 11 is 6.45. The topological polar surface area (TPSA) is 159 Å². The number of nitrogens with one attached hydrogen (secondary N) is 2. The first-order valence-corrected chi connectivity index (χ1v) is 19.7. The van der Waals surface area contributed by atoms with Crippen molar-refractivity contribution >= 4 is 51.1 Å². The molecule has 300 valence electrons. The van der Waals surface area contributed by atoms with Gasteiger partial charge in [-0.25, -0.2) is 4.98 Å². The zero-order valence-corrected chi connectivity index (χ0v) is 33.4. The zero-order chi connectivity index (χ0) is 40.5. The van der Waals surface area contributed by atoms with Gasteiger partial charge in [0.1, 0.15) is 5.75 Å². The summed E-state index contributed by atoms with van der Waals surface area (Å²) in [6, 6.07) is 20.1. The summed E-state index contributed by atoms with van der Waals surface area (Å²) in [5, 5.41) is 18.4. The molecule has 1 atom stereocenters. The van der Waals surface area contributed by atoms with Gasteiger partial charge in [-0.3, -0.25) is 28.7 Å². The van der Waals surface area contributed by atoms with Crippen LogP contribution >= 0.6 is 11.6 Å². The summed E-state index contributed by atoms with van der Waals surface area (Å²) in [6.07, 6.45) is 6.04. The molecular formula is C43H50ClN7O6. The van der Waals surface area contributed by atoms with Gasteiger partial charge in [0.25, 0.3) is 17.4 Å². The Morgan fingerprint density at radius 1 is 0.965 bits per heavy atom. The molecule has 0 bridgehead atoms. The largest absolute Gasteiger partial charge is 0.493 e. The molecule has 5 aromatic rings. The number of carbonyl (C=O) groups excluding carboxylic acids is 3. The fraction of sp³-hybridized carbons (Fsp3) is 0.395. The van der Waals surface area contributed by atoms with Crippen molar-refractivity contribution in [2.45, 2.75) is 50.7 Å². The van der Waals surface area contributed by atoms with Crippen molar-refractivity contribution in [1.29, 1.82) is 0 Å². The maximum absolute atomic E-state index is 14.0. The first kappa shape index (κ1) is 41.3. The average Bonchev–Trinajstić information content (AvgIpc) is 3.21. The molecule has 14 heteroatoms. The van der Waals surface area contributed by atoms with Gasteiger partial charge in [-0.1, -0.05) is 48.0 Å². The first-order valence-electron chi connectivity index (χ1n) is 19.3. The number of carbonyl (C=O) groups is 3. The van der Waals surface area contributed by atoms with Crippen molar-refractivity contribution in [1.82, 2.24) is 35.0 Å². The number of amides is 3. The van der Waals surface area contributed by atoms with Crippen LogP contribution in [0.4, 0.5) is 0 Å². The SMILES string of the molecule is CNC(=O)c1cnc2cc(C(=O)NCCC[C@H](Cc3ccccc3)C(=O)N3CCC(O)(Cn4cnc5cc(OCCCN(C)C)ccc5c4=O)CC3)ccc2c1Cl. The molecular weight excluding hydrogens is 746 g/mol. The van der Waals surface area contributed by atoms with E-state index in [1.165, 1.54) is 24.1 Å². The number of hydrogen-bond donors (Lipinski definition) is 3. The van der Waals surface area contributed by atoms with Gasteiger partial charge in [0.2, 0.25) is 5.91 Å².